The van der Waals surface area contributed by atoms with Gasteiger partial charge in [-0.25, -0.2) is 0 Å². The van der Waals surface area contributed by atoms with Crippen LogP contribution in [-0.2, 0) is 0 Å². The molecule has 0 bridgehead atoms. The minimum Gasteiger partial charge on any atom is -0.402 e. The molecule has 0 unspecified atom stereocenters. The smallest absolute Gasteiger partial charge is 0.0923 e. The summed E-state index contributed by atoms with van der Waals surface area (Å²) in [7, 11) is 0. The van der Waals surface area contributed by atoms with Crippen LogP contribution in [0.25, 0.3) is 0 Å². The Balaban J connectivity index is 3.38. The average Bonchev–Trinajstić information content (AvgIpc) is 1.72. The molecule has 4 heteroatoms. The lowest BCUT2D eigenvalue weighted by Crippen LogP contribution is -1.95. The van der Waals surface area contributed by atoms with Crippen LogP contribution in [0.5, 0.6) is 0 Å². The monoisotopic (exact) mass is 230 g/mol. The Labute approximate surface area is 61.4 Å². The molecule has 0 amide bonds. The van der Waals surface area contributed by atoms with Crippen molar-refractivity contribution in [2.24, 2.45) is 5.73 Å². The number of nitrogens with one attached hydrogen (secondary N) is 1. The summed E-state index contributed by atoms with van der Waals surface area (Å²) in [5.41, 5.74) is 5.14. The molecule has 0 aromatic heterocycles. The van der Waals surface area contributed by atoms with Crippen LogP contribution in [-0.4, -0.2) is 6.26 Å². The van der Waals surface area contributed by atoms with E-state index < -0.39 is 0 Å². The molecule has 0 radical (unpaired) electrons. The van der Waals surface area contributed by atoms with Crippen molar-refractivity contribution in [3.05, 3.63) is 11.2 Å². The molecular formula is C3H7IN2S. The molecule has 0 fully saturated rings. The predicted molar refractivity (Wildman–Crippen MR) is 42.9 cm³/mol. The highest BCUT2D eigenvalue weighted by atomic mass is 127. The van der Waals surface area contributed by atoms with Gasteiger partial charge in [0, 0.05) is 6.20 Å². The van der Waals surface area contributed by atoms with E-state index in [4.69, 9.17) is 5.73 Å². The summed E-state index contributed by atoms with van der Waals surface area (Å²) in [6, 6.07) is 0. The topological polar surface area (TPSA) is 38.0 Å². The maximum Gasteiger partial charge on any atom is 0.0923 e. The first-order valence-corrected chi connectivity index (χ1v) is 3.98. The van der Waals surface area contributed by atoms with Crippen molar-refractivity contribution in [1.82, 2.24) is 3.53 Å². The van der Waals surface area contributed by atoms with Crippen LogP contribution in [0.2, 0.25) is 0 Å². The summed E-state index contributed by atoms with van der Waals surface area (Å²) < 4.78 is 2.87. The van der Waals surface area contributed by atoms with Crippen molar-refractivity contribution in [3.8, 4) is 0 Å². The Bertz CT molecular complexity index is 67.3. The van der Waals surface area contributed by atoms with Gasteiger partial charge >= 0.3 is 0 Å². The summed E-state index contributed by atoms with van der Waals surface area (Å²) in [6.07, 6.45) is 3.50. The van der Waals surface area contributed by atoms with Gasteiger partial charge in [-0.1, -0.05) is 0 Å². The number of thioether (sulfide) groups is 1. The highest BCUT2D eigenvalue weighted by molar-refractivity contribution is 14.1. The third-order valence-corrected chi connectivity index (χ3v) is 2.09. The SMILES string of the molecule is CS/C(=C/N)NI. The fourth-order valence-corrected chi connectivity index (χ4v) is 1.19. The minimum absolute atomic E-state index is 0.987. The van der Waals surface area contributed by atoms with Gasteiger partial charge in [0.25, 0.3) is 0 Å². The van der Waals surface area contributed by atoms with Crippen LogP contribution in [0.3, 0.4) is 0 Å². The third-order valence-electron chi connectivity index (χ3n) is 0.464. The molecule has 42 valence electrons. The standard InChI is InChI=1S/C3H7IN2S/c1-7-3(2-5)6-4/h2,6H,5H2,1H3/b3-2+. The first-order valence-electron chi connectivity index (χ1n) is 1.67. The summed E-state index contributed by atoms with van der Waals surface area (Å²) in [6.45, 7) is 0. The Kier molecular flexibility index (Phi) is 4.85. The van der Waals surface area contributed by atoms with Crippen LogP contribution < -0.4 is 9.26 Å². The molecule has 0 aliphatic heterocycles. The molecule has 0 aliphatic carbocycles. The fraction of sp³-hybridized carbons (Fsp3) is 0.333. The Morgan fingerprint density at radius 2 is 2.57 bits per heavy atom. The second-order valence-corrected chi connectivity index (χ2v) is 2.22. The molecule has 3 N–H and O–H groups in total. The van der Waals surface area contributed by atoms with E-state index in [0.29, 0.717) is 0 Å². The summed E-state index contributed by atoms with van der Waals surface area (Å²) in [5.74, 6) is 0. The second-order valence-electron chi connectivity index (χ2n) is 0.830. The maximum absolute atomic E-state index is 5.14. The van der Waals surface area contributed by atoms with Crippen LogP contribution in [0.1, 0.15) is 0 Å². The number of halogens is 1. The highest BCUT2D eigenvalue weighted by Crippen LogP contribution is 2.05. The van der Waals surface area contributed by atoms with Crippen LogP contribution in [0, 0.1) is 0 Å². The van der Waals surface area contributed by atoms with Gasteiger partial charge in [-0.3, -0.25) is 0 Å². The van der Waals surface area contributed by atoms with Crippen molar-refractivity contribution in [2.45, 2.75) is 0 Å². The van der Waals surface area contributed by atoms with E-state index in [1.165, 1.54) is 6.20 Å². The number of nitrogens with two attached hydrogens (primary N) is 1. The van der Waals surface area contributed by atoms with Crippen molar-refractivity contribution < 1.29 is 0 Å². The van der Waals surface area contributed by atoms with Gasteiger partial charge in [-0.2, -0.15) is 0 Å². The lowest BCUT2D eigenvalue weighted by Gasteiger charge is -1.94. The summed E-state index contributed by atoms with van der Waals surface area (Å²) >= 11 is 3.62. The molecule has 0 saturated heterocycles. The molecule has 0 spiro atoms. The van der Waals surface area contributed by atoms with E-state index in [1.807, 2.05) is 29.1 Å². The zero-order valence-electron chi connectivity index (χ0n) is 3.94. The zero-order chi connectivity index (χ0) is 5.70. The van der Waals surface area contributed by atoms with Crippen molar-refractivity contribution in [2.75, 3.05) is 6.26 Å². The maximum atomic E-state index is 5.14. The predicted octanol–water partition coefficient (Wildman–Crippen LogP) is 1.05. The highest BCUT2D eigenvalue weighted by Gasteiger charge is 1.82. The average molecular weight is 230 g/mol. The lowest BCUT2D eigenvalue weighted by molar-refractivity contribution is 1.39. The molecule has 0 rings (SSSR count). The van der Waals surface area contributed by atoms with E-state index in [-0.39, 0.29) is 0 Å². The molecule has 0 aromatic carbocycles. The number of hydrogen-bond acceptors (Lipinski definition) is 3. The van der Waals surface area contributed by atoms with E-state index in [9.17, 15) is 0 Å². The van der Waals surface area contributed by atoms with Crippen LogP contribution in [0.15, 0.2) is 11.2 Å². The van der Waals surface area contributed by atoms with Gasteiger partial charge in [-0.15, -0.1) is 11.8 Å². The molecular weight excluding hydrogens is 223 g/mol. The fourth-order valence-electron chi connectivity index (χ4n) is 0.138. The molecule has 0 saturated carbocycles. The van der Waals surface area contributed by atoms with Gasteiger partial charge < -0.3 is 9.26 Å². The molecule has 7 heavy (non-hydrogen) atoms. The first-order chi connectivity index (χ1) is 3.35. The van der Waals surface area contributed by atoms with Gasteiger partial charge in [0.2, 0.25) is 0 Å². The third kappa shape index (κ3) is 3.04. The first kappa shape index (κ1) is 7.42. The van der Waals surface area contributed by atoms with Crippen molar-refractivity contribution in [3.63, 3.8) is 0 Å². The Morgan fingerprint density at radius 3 is 2.57 bits per heavy atom. The number of rotatable bonds is 2. The normalized spacial score (nSPS) is 11.4. The van der Waals surface area contributed by atoms with Gasteiger partial charge in [0.1, 0.15) is 0 Å². The summed E-state index contributed by atoms with van der Waals surface area (Å²) in [4.78, 5) is 0. The van der Waals surface area contributed by atoms with Crippen LogP contribution >= 0.6 is 34.6 Å². The van der Waals surface area contributed by atoms with Gasteiger partial charge in [0.15, 0.2) is 0 Å². The Hall–Kier alpha value is 0.420. The molecule has 0 aliphatic rings. The van der Waals surface area contributed by atoms with Crippen LogP contribution in [0.4, 0.5) is 0 Å². The molecule has 0 atom stereocenters. The Morgan fingerprint density at radius 1 is 2.00 bits per heavy atom. The van der Waals surface area contributed by atoms with Gasteiger partial charge in [-0.05, 0) is 6.26 Å². The number of hydrogen-bond donors (Lipinski definition) is 2. The summed E-state index contributed by atoms with van der Waals surface area (Å²) in [5, 5.41) is 0.987. The molecule has 0 heterocycles. The zero-order valence-corrected chi connectivity index (χ0v) is 6.91. The molecule has 2 nitrogen and oxygen atoms in total. The minimum atomic E-state index is 0.987. The van der Waals surface area contributed by atoms with Crippen molar-refractivity contribution >= 4 is 34.6 Å². The second kappa shape index (κ2) is 4.58. The lowest BCUT2D eigenvalue weighted by atomic mass is 11.0. The van der Waals surface area contributed by atoms with E-state index in [2.05, 4.69) is 3.53 Å². The van der Waals surface area contributed by atoms with Crippen molar-refractivity contribution in [1.29, 1.82) is 0 Å². The largest absolute Gasteiger partial charge is 0.402 e. The van der Waals surface area contributed by atoms with Gasteiger partial charge in [0.05, 0.1) is 27.9 Å². The molecule has 0 aromatic rings. The van der Waals surface area contributed by atoms with E-state index >= 15 is 0 Å². The quantitative estimate of drug-likeness (QED) is 0.550. The van der Waals surface area contributed by atoms with E-state index in [0.717, 1.165) is 5.03 Å². The van der Waals surface area contributed by atoms with E-state index in [1.54, 1.807) is 11.8 Å².